The SMILES string of the molecule is COc1cccc(CNC(=S)c2cc(OC)ccc2OC)c1. The number of rotatable bonds is 6. The third-order valence-electron chi connectivity index (χ3n) is 3.24. The second-order valence-corrected chi connectivity index (χ2v) is 5.01. The molecule has 0 heterocycles. The van der Waals surface area contributed by atoms with E-state index in [4.69, 9.17) is 26.4 Å². The predicted molar refractivity (Wildman–Crippen MR) is 91.1 cm³/mol. The molecule has 4 nitrogen and oxygen atoms in total. The Morgan fingerprint density at radius 2 is 1.68 bits per heavy atom. The van der Waals surface area contributed by atoms with E-state index in [2.05, 4.69) is 5.32 Å². The van der Waals surface area contributed by atoms with Crippen LogP contribution in [0, 0.1) is 0 Å². The number of hydrogen-bond acceptors (Lipinski definition) is 4. The summed E-state index contributed by atoms with van der Waals surface area (Å²) >= 11 is 5.46. The largest absolute Gasteiger partial charge is 0.497 e. The molecule has 0 atom stereocenters. The van der Waals surface area contributed by atoms with Gasteiger partial charge in [-0.15, -0.1) is 0 Å². The molecule has 5 heteroatoms. The van der Waals surface area contributed by atoms with E-state index < -0.39 is 0 Å². The summed E-state index contributed by atoms with van der Waals surface area (Å²) in [6.07, 6.45) is 0. The average Bonchev–Trinajstić information content (AvgIpc) is 2.59. The summed E-state index contributed by atoms with van der Waals surface area (Å²) in [6, 6.07) is 13.4. The highest BCUT2D eigenvalue weighted by Gasteiger charge is 2.10. The maximum absolute atomic E-state index is 5.46. The smallest absolute Gasteiger partial charge is 0.129 e. The zero-order chi connectivity index (χ0) is 15.9. The van der Waals surface area contributed by atoms with E-state index in [1.165, 1.54) is 0 Å². The van der Waals surface area contributed by atoms with E-state index in [0.717, 1.165) is 22.6 Å². The normalized spacial score (nSPS) is 9.95. The molecule has 2 aromatic rings. The van der Waals surface area contributed by atoms with Gasteiger partial charge < -0.3 is 19.5 Å². The van der Waals surface area contributed by atoms with E-state index in [-0.39, 0.29) is 0 Å². The van der Waals surface area contributed by atoms with Crippen LogP contribution in [0.3, 0.4) is 0 Å². The topological polar surface area (TPSA) is 39.7 Å². The van der Waals surface area contributed by atoms with E-state index in [1.807, 2.05) is 42.5 Å². The molecule has 0 aliphatic heterocycles. The lowest BCUT2D eigenvalue weighted by Gasteiger charge is -2.13. The lowest BCUT2D eigenvalue weighted by atomic mass is 10.1. The molecular weight excluding hydrogens is 298 g/mol. The minimum Gasteiger partial charge on any atom is -0.497 e. The molecule has 2 aromatic carbocycles. The van der Waals surface area contributed by atoms with Crippen LogP contribution in [-0.4, -0.2) is 26.3 Å². The summed E-state index contributed by atoms with van der Waals surface area (Å²) < 4.78 is 15.8. The minimum atomic E-state index is 0.608. The van der Waals surface area contributed by atoms with Crippen molar-refractivity contribution in [3.63, 3.8) is 0 Å². The Kier molecular flexibility index (Phi) is 5.61. The maximum atomic E-state index is 5.46. The number of ether oxygens (including phenoxy) is 3. The van der Waals surface area contributed by atoms with Gasteiger partial charge in [0.15, 0.2) is 0 Å². The first-order valence-electron chi connectivity index (χ1n) is 6.81. The number of hydrogen-bond donors (Lipinski definition) is 1. The molecule has 0 saturated heterocycles. The summed E-state index contributed by atoms with van der Waals surface area (Å²) in [5.74, 6) is 2.27. The van der Waals surface area contributed by atoms with Crippen molar-refractivity contribution in [2.24, 2.45) is 0 Å². The van der Waals surface area contributed by atoms with Crippen LogP contribution in [0.15, 0.2) is 42.5 Å². The van der Waals surface area contributed by atoms with E-state index in [1.54, 1.807) is 21.3 Å². The molecule has 0 aromatic heterocycles. The van der Waals surface area contributed by atoms with Crippen LogP contribution in [0.2, 0.25) is 0 Å². The van der Waals surface area contributed by atoms with Gasteiger partial charge in [0.25, 0.3) is 0 Å². The van der Waals surface area contributed by atoms with Crippen molar-refractivity contribution in [1.82, 2.24) is 5.32 Å². The van der Waals surface area contributed by atoms with Crippen molar-refractivity contribution in [1.29, 1.82) is 0 Å². The molecule has 0 unspecified atom stereocenters. The lowest BCUT2D eigenvalue weighted by Crippen LogP contribution is -2.22. The van der Waals surface area contributed by atoms with Crippen molar-refractivity contribution < 1.29 is 14.2 Å². The fourth-order valence-electron chi connectivity index (χ4n) is 2.05. The van der Waals surface area contributed by atoms with E-state index >= 15 is 0 Å². The first-order valence-corrected chi connectivity index (χ1v) is 7.22. The number of benzene rings is 2. The molecule has 1 N–H and O–H groups in total. The van der Waals surface area contributed by atoms with Crippen LogP contribution in [0.4, 0.5) is 0 Å². The summed E-state index contributed by atoms with van der Waals surface area (Å²) in [6.45, 7) is 0.608. The van der Waals surface area contributed by atoms with Gasteiger partial charge in [0.2, 0.25) is 0 Å². The fourth-order valence-corrected chi connectivity index (χ4v) is 2.28. The molecule has 0 spiro atoms. The zero-order valence-electron chi connectivity index (χ0n) is 12.9. The third kappa shape index (κ3) is 3.89. The number of thiocarbonyl (C=S) groups is 1. The van der Waals surface area contributed by atoms with Crippen LogP contribution in [0.25, 0.3) is 0 Å². The summed E-state index contributed by atoms with van der Waals surface area (Å²) in [5, 5.41) is 3.23. The second kappa shape index (κ2) is 7.66. The van der Waals surface area contributed by atoms with Crippen LogP contribution in [0.5, 0.6) is 17.2 Å². The zero-order valence-corrected chi connectivity index (χ0v) is 13.7. The fraction of sp³-hybridized carbons (Fsp3) is 0.235. The summed E-state index contributed by atoms with van der Waals surface area (Å²) in [7, 11) is 4.90. The van der Waals surface area contributed by atoms with Crippen LogP contribution >= 0.6 is 12.2 Å². The highest BCUT2D eigenvalue weighted by molar-refractivity contribution is 7.80. The highest BCUT2D eigenvalue weighted by Crippen LogP contribution is 2.24. The van der Waals surface area contributed by atoms with Crippen LogP contribution in [0.1, 0.15) is 11.1 Å². The van der Waals surface area contributed by atoms with Crippen molar-refractivity contribution >= 4 is 17.2 Å². The van der Waals surface area contributed by atoms with Gasteiger partial charge in [0.1, 0.15) is 22.2 Å². The van der Waals surface area contributed by atoms with Gasteiger partial charge in [0, 0.05) is 6.54 Å². The van der Waals surface area contributed by atoms with Crippen molar-refractivity contribution in [2.75, 3.05) is 21.3 Å². The monoisotopic (exact) mass is 317 g/mol. The highest BCUT2D eigenvalue weighted by atomic mass is 32.1. The second-order valence-electron chi connectivity index (χ2n) is 4.60. The van der Waals surface area contributed by atoms with Crippen LogP contribution < -0.4 is 19.5 Å². The van der Waals surface area contributed by atoms with Crippen LogP contribution in [-0.2, 0) is 6.54 Å². The quantitative estimate of drug-likeness (QED) is 0.829. The van der Waals surface area contributed by atoms with Gasteiger partial charge in [-0.25, -0.2) is 0 Å². The molecule has 0 aliphatic carbocycles. The Bertz CT molecular complexity index is 658. The van der Waals surface area contributed by atoms with Gasteiger partial charge >= 0.3 is 0 Å². The van der Waals surface area contributed by atoms with Crippen molar-refractivity contribution in [2.45, 2.75) is 6.54 Å². The van der Waals surface area contributed by atoms with Crippen molar-refractivity contribution in [3.8, 4) is 17.2 Å². The molecule has 0 bridgehead atoms. The van der Waals surface area contributed by atoms with Gasteiger partial charge in [-0.2, -0.15) is 0 Å². The summed E-state index contributed by atoms with van der Waals surface area (Å²) in [5.41, 5.74) is 1.89. The molecule has 0 saturated carbocycles. The Labute approximate surface area is 136 Å². The third-order valence-corrected chi connectivity index (χ3v) is 3.60. The number of methoxy groups -OCH3 is 3. The van der Waals surface area contributed by atoms with Gasteiger partial charge in [-0.1, -0.05) is 24.4 Å². The minimum absolute atomic E-state index is 0.608. The van der Waals surface area contributed by atoms with Gasteiger partial charge in [-0.05, 0) is 35.9 Å². The number of nitrogens with one attached hydrogen (secondary N) is 1. The predicted octanol–water partition coefficient (Wildman–Crippen LogP) is 3.18. The molecule has 0 amide bonds. The molecule has 0 radical (unpaired) electrons. The van der Waals surface area contributed by atoms with E-state index in [0.29, 0.717) is 17.3 Å². The van der Waals surface area contributed by atoms with Gasteiger partial charge in [0.05, 0.1) is 26.9 Å². The van der Waals surface area contributed by atoms with E-state index in [9.17, 15) is 0 Å². The standard InChI is InChI=1S/C17H19NO3S/c1-19-13-6-4-5-12(9-13)11-18-17(22)15-10-14(20-2)7-8-16(15)21-3/h4-10H,11H2,1-3H3,(H,18,22). The molecule has 0 aliphatic rings. The van der Waals surface area contributed by atoms with Crippen molar-refractivity contribution in [3.05, 3.63) is 53.6 Å². The first-order chi connectivity index (χ1) is 10.7. The molecule has 0 fully saturated rings. The Morgan fingerprint density at radius 3 is 2.36 bits per heavy atom. The maximum Gasteiger partial charge on any atom is 0.129 e. The Hall–Kier alpha value is -2.27. The molecule has 22 heavy (non-hydrogen) atoms. The lowest BCUT2D eigenvalue weighted by molar-refractivity contribution is 0.402. The Balaban J connectivity index is 2.11. The Morgan fingerprint density at radius 1 is 0.955 bits per heavy atom. The molecular formula is C17H19NO3S. The first kappa shape index (κ1) is 16.1. The molecule has 2 rings (SSSR count). The molecule has 116 valence electrons. The van der Waals surface area contributed by atoms with Gasteiger partial charge in [-0.3, -0.25) is 0 Å². The average molecular weight is 317 g/mol. The summed E-state index contributed by atoms with van der Waals surface area (Å²) in [4.78, 5) is 0.610.